The van der Waals surface area contributed by atoms with E-state index in [0.717, 1.165) is 0 Å². The number of rotatable bonds is 1. The second-order valence-electron chi connectivity index (χ2n) is 2.57. The van der Waals surface area contributed by atoms with Crippen LogP contribution in [0, 0.1) is 0 Å². The van der Waals surface area contributed by atoms with Crippen LogP contribution in [-0.4, -0.2) is 10.5 Å². The molecule has 0 saturated carbocycles. The Morgan fingerprint density at radius 3 is 1.50 bits per heavy atom. The van der Waals surface area contributed by atoms with E-state index in [1.165, 1.54) is 5.56 Å². The van der Waals surface area contributed by atoms with Gasteiger partial charge in [-0.1, -0.05) is 44.2 Å². The first-order valence-corrected chi connectivity index (χ1v) is 3.72. The van der Waals surface area contributed by atoms with Crippen molar-refractivity contribution in [3.63, 3.8) is 0 Å². The molecule has 0 saturated heterocycles. The van der Waals surface area contributed by atoms with E-state index >= 15 is 0 Å². The molecule has 83 valence electrons. The molecular formula is C9H14CoO4. The first kappa shape index (κ1) is 19.2. The smallest absolute Gasteiger partial charge is 0.727 e. The van der Waals surface area contributed by atoms with Crippen LogP contribution in [-0.2, 0) is 16.8 Å². The summed E-state index contributed by atoms with van der Waals surface area (Å²) in [5.41, 5.74) is 1.41. The molecule has 1 radical (unpaired) electrons. The van der Waals surface area contributed by atoms with Crippen LogP contribution in [0.4, 0.5) is 0 Å². The average molecular weight is 245 g/mol. The summed E-state index contributed by atoms with van der Waals surface area (Å²) in [6.45, 7) is 4.41. The predicted octanol–water partition coefficient (Wildman–Crippen LogP) is 0.447. The zero-order chi connectivity index (χ0) is 10.7. The number of hydrogen-bond donors (Lipinski definition) is 2. The van der Waals surface area contributed by atoms with Gasteiger partial charge in [-0.3, -0.25) is 0 Å². The van der Waals surface area contributed by atoms with Crippen molar-refractivity contribution in [1.82, 2.24) is 0 Å². The Kier molecular flexibility index (Phi) is 20.6. The third-order valence-corrected chi connectivity index (χ3v) is 1.47. The molecule has 14 heavy (non-hydrogen) atoms. The molecule has 0 unspecified atom stereocenters. The molecule has 1 aromatic carbocycles. The van der Waals surface area contributed by atoms with E-state index in [1.807, 2.05) is 6.07 Å². The Morgan fingerprint density at radius 1 is 0.929 bits per heavy atom. The molecule has 0 aliphatic carbocycles. The van der Waals surface area contributed by atoms with Gasteiger partial charge in [-0.15, -0.1) is 0 Å². The molecule has 0 aliphatic rings. The van der Waals surface area contributed by atoms with E-state index in [2.05, 4.69) is 38.1 Å². The van der Waals surface area contributed by atoms with Crippen molar-refractivity contribution >= 4 is 0 Å². The van der Waals surface area contributed by atoms with Gasteiger partial charge in [-0.05, 0) is 11.5 Å². The van der Waals surface area contributed by atoms with Crippen molar-refractivity contribution in [1.29, 1.82) is 0 Å². The van der Waals surface area contributed by atoms with Gasteiger partial charge in [0.05, 0.1) is 0 Å². The fraction of sp³-hybridized carbons (Fsp3) is 0.333. The molecule has 5 heteroatoms. The van der Waals surface area contributed by atoms with Crippen molar-refractivity contribution in [2.75, 3.05) is 0 Å². The third-order valence-electron chi connectivity index (χ3n) is 1.47. The Bertz CT molecular complexity index is 179. The largest absolute Gasteiger partial charge is 2.00 e. The molecule has 0 aromatic heterocycles. The molecule has 2 N–H and O–H groups in total. The van der Waals surface area contributed by atoms with Gasteiger partial charge in [0, 0.05) is 0 Å². The van der Waals surface area contributed by atoms with E-state index in [1.54, 1.807) is 0 Å². The van der Waals surface area contributed by atoms with E-state index in [-0.39, 0.29) is 16.8 Å². The van der Waals surface area contributed by atoms with Crippen LogP contribution < -0.4 is 10.5 Å². The zero-order valence-electron chi connectivity index (χ0n) is 8.01. The fourth-order valence-electron chi connectivity index (χ4n) is 0.838. The Balaban J connectivity index is -0.000000216. The van der Waals surface area contributed by atoms with Crippen LogP contribution in [0.3, 0.4) is 0 Å². The van der Waals surface area contributed by atoms with Crippen LogP contribution in [0.5, 0.6) is 0 Å². The quantitative estimate of drug-likeness (QED) is 0.555. The van der Waals surface area contributed by atoms with E-state index in [0.29, 0.717) is 5.92 Å². The maximum absolute atomic E-state index is 7.25. The molecule has 1 aromatic rings. The minimum atomic E-state index is 0. The third kappa shape index (κ3) is 9.65. The van der Waals surface area contributed by atoms with E-state index < -0.39 is 0 Å². The normalized spacial score (nSPS) is 7.36. The molecule has 0 aliphatic heterocycles. The topological polar surface area (TPSA) is 86.6 Å². The van der Waals surface area contributed by atoms with Gasteiger partial charge in [0.25, 0.3) is 0 Å². The van der Waals surface area contributed by atoms with Gasteiger partial charge in [0.2, 0.25) is 0 Å². The van der Waals surface area contributed by atoms with Gasteiger partial charge in [-0.25, -0.2) is 0 Å². The molecule has 4 nitrogen and oxygen atoms in total. The molecule has 0 spiro atoms. The SMILES string of the molecule is CC(C)c1ccccc1.[Co+2].[O-]O.[O-]O. The van der Waals surface area contributed by atoms with E-state index in [9.17, 15) is 0 Å². The predicted molar refractivity (Wildman–Crippen MR) is 45.8 cm³/mol. The molecule has 0 atom stereocenters. The molecule has 0 fully saturated rings. The summed E-state index contributed by atoms with van der Waals surface area (Å²) in [7, 11) is 0. The van der Waals surface area contributed by atoms with Crippen LogP contribution in [0.25, 0.3) is 0 Å². The Hall–Kier alpha value is -0.434. The van der Waals surface area contributed by atoms with Crippen LogP contribution in [0.2, 0.25) is 0 Å². The minimum Gasteiger partial charge on any atom is -0.727 e. The van der Waals surface area contributed by atoms with Crippen molar-refractivity contribution in [3.05, 3.63) is 35.9 Å². The maximum Gasteiger partial charge on any atom is 2.00 e. The van der Waals surface area contributed by atoms with Crippen molar-refractivity contribution in [3.8, 4) is 0 Å². The molecule has 1 rings (SSSR count). The molecule has 0 bridgehead atoms. The van der Waals surface area contributed by atoms with Gasteiger partial charge in [0.15, 0.2) is 0 Å². The van der Waals surface area contributed by atoms with Crippen molar-refractivity contribution in [2.45, 2.75) is 19.8 Å². The van der Waals surface area contributed by atoms with Crippen LogP contribution in [0.15, 0.2) is 30.3 Å². The molecule has 0 heterocycles. The maximum atomic E-state index is 7.25. The summed E-state index contributed by atoms with van der Waals surface area (Å²) >= 11 is 0. The minimum absolute atomic E-state index is 0. The average Bonchev–Trinajstić information content (AvgIpc) is 2.25. The standard InChI is InChI=1S/C9H12.Co.2H2O2/c1-8(2)9-6-4-3-5-7-9;;2*1-2/h3-8H,1-2H3;;2*1-2H/q;+2;;/p-2. The van der Waals surface area contributed by atoms with Gasteiger partial charge in [-0.2, -0.15) is 0 Å². The summed E-state index contributed by atoms with van der Waals surface area (Å²) in [6.07, 6.45) is 0. The Morgan fingerprint density at radius 2 is 1.29 bits per heavy atom. The fourth-order valence-corrected chi connectivity index (χ4v) is 0.838. The molecule has 0 amide bonds. The summed E-state index contributed by atoms with van der Waals surface area (Å²) < 4.78 is 0. The monoisotopic (exact) mass is 245 g/mol. The summed E-state index contributed by atoms with van der Waals surface area (Å²) in [4.78, 5) is 0. The summed E-state index contributed by atoms with van der Waals surface area (Å²) in [5.74, 6) is 0.659. The second-order valence-corrected chi connectivity index (χ2v) is 2.57. The van der Waals surface area contributed by atoms with Crippen molar-refractivity contribution in [2.24, 2.45) is 0 Å². The summed E-state index contributed by atoms with van der Waals surface area (Å²) in [6, 6.07) is 10.5. The second kappa shape index (κ2) is 15.1. The first-order valence-electron chi connectivity index (χ1n) is 3.72. The van der Waals surface area contributed by atoms with Crippen LogP contribution in [0.1, 0.15) is 25.3 Å². The zero-order valence-corrected chi connectivity index (χ0v) is 9.05. The summed E-state index contributed by atoms with van der Waals surface area (Å²) in [5, 5.41) is 26.0. The molecular weight excluding hydrogens is 231 g/mol. The van der Waals surface area contributed by atoms with Gasteiger partial charge >= 0.3 is 16.8 Å². The van der Waals surface area contributed by atoms with E-state index in [4.69, 9.17) is 21.0 Å². The van der Waals surface area contributed by atoms with Gasteiger partial charge < -0.3 is 21.0 Å². The van der Waals surface area contributed by atoms with Crippen LogP contribution >= 0.6 is 0 Å². The Labute approximate surface area is 93.9 Å². The number of benzene rings is 1. The first-order chi connectivity index (χ1) is 6.30. The number of hydrogen-bond acceptors (Lipinski definition) is 4. The van der Waals surface area contributed by atoms with Crippen molar-refractivity contribution < 1.29 is 37.8 Å². The van der Waals surface area contributed by atoms with Gasteiger partial charge in [0.1, 0.15) is 0 Å².